The second-order valence-corrected chi connectivity index (χ2v) is 5.36. The minimum Gasteiger partial charge on any atom is -0.506 e. The third kappa shape index (κ3) is 4.84. The van der Waals surface area contributed by atoms with Crippen LogP contribution in [0.1, 0.15) is 12.5 Å². The topological polar surface area (TPSA) is 68.1 Å². The highest BCUT2D eigenvalue weighted by atomic mass is 35.5. The van der Waals surface area contributed by atoms with Crippen LogP contribution in [-0.4, -0.2) is 31.0 Å². The lowest BCUT2D eigenvalue weighted by molar-refractivity contribution is -0.137. The van der Waals surface area contributed by atoms with Crippen molar-refractivity contribution >= 4 is 35.2 Å². The normalized spacial score (nSPS) is 12.0. The van der Waals surface area contributed by atoms with Crippen molar-refractivity contribution in [3.05, 3.63) is 64.7 Å². The van der Waals surface area contributed by atoms with Crippen LogP contribution < -0.4 is 4.74 Å². The van der Waals surface area contributed by atoms with Crippen LogP contribution in [0.15, 0.2) is 59.1 Å². The largest absolute Gasteiger partial charge is 0.506 e. The Kier molecular flexibility index (Phi) is 6.60. The van der Waals surface area contributed by atoms with Gasteiger partial charge in [-0.25, -0.2) is 4.79 Å². The van der Waals surface area contributed by atoms with Crippen LogP contribution in [0.5, 0.6) is 5.75 Å². The SMILES string of the molecule is CCOC(=O)/C(C=Nc1ccccc1)=C(\O)c1cc(Cl)ccc1OC. The molecule has 6 heteroatoms. The lowest BCUT2D eigenvalue weighted by atomic mass is 10.1. The van der Waals surface area contributed by atoms with E-state index < -0.39 is 5.97 Å². The van der Waals surface area contributed by atoms with E-state index in [0.717, 1.165) is 0 Å². The number of carbonyl (C=O) groups excluding carboxylic acids is 1. The fourth-order valence-corrected chi connectivity index (χ4v) is 2.25. The van der Waals surface area contributed by atoms with Gasteiger partial charge in [0.1, 0.15) is 17.1 Å². The maximum absolute atomic E-state index is 12.3. The summed E-state index contributed by atoms with van der Waals surface area (Å²) >= 11 is 6.00. The average Bonchev–Trinajstić information content (AvgIpc) is 2.62. The van der Waals surface area contributed by atoms with E-state index in [4.69, 9.17) is 21.1 Å². The van der Waals surface area contributed by atoms with E-state index in [-0.39, 0.29) is 23.5 Å². The Hall–Kier alpha value is -2.79. The van der Waals surface area contributed by atoms with Gasteiger partial charge in [0.2, 0.25) is 0 Å². The minimum atomic E-state index is -0.693. The zero-order valence-corrected chi connectivity index (χ0v) is 14.7. The van der Waals surface area contributed by atoms with E-state index >= 15 is 0 Å². The average molecular weight is 360 g/mol. The molecule has 0 radical (unpaired) electrons. The summed E-state index contributed by atoms with van der Waals surface area (Å²) in [5.41, 5.74) is 0.819. The van der Waals surface area contributed by atoms with Gasteiger partial charge < -0.3 is 14.6 Å². The molecule has 0 aliphatic rings. The van der Waals surface area contributed by atoms with E-state index in [1.165, 1.54) is 19.4 Å². The zero-order chi connectivity index (χ0) is 18.2. The maximum Gasteiger partial charge on any atom is 0.343 e. The molecular weight excluding hydrogens is 342 g/mol. The summed E-state index contributed by atoms with van der Waals surface area (Å²) in [7, 11) is 1.46. The van der Waals surface area contributed by atoms with Gasteiger partial charge in [-0.2, -0.15) is 0 Å². The van der Waals surface area contributed by atoms with Crippen LogP contribution in [0.3, 0.4) is 0 Å². The Balaban J connectivity index is 2.53. The molecule has 0 heterocycles. The first-order chi connectivity index (χ1) is 12.1. The summed E-state index contributed by atoms with van der Waals surface area (Å²) < 4.78 is 10.2. The number of benzene rings is 2. The first-order valence-electron chi connectivity index (χ1n) is 7.60. The number of rotatable bonds is 6. The quantitative estimate of drug-likeness (QED) is 0.354. The van der Waals surface area contributed by atoms with Crippen molar-refractivity contribution < 1.29 is 19.4 Å². The number of methoxy groups -OCH3 is 1. The molecule has 0 atom stereocenters. The number of esters is 1. The number of nitrogens with zero attached hydrogens (tertiary/aromatic N) is 1. The summed E-state index contributed by atoms with van der Waals surface area (Å²) in [4.78, 5) is 16.5. The third-order valence-electron chi connectivity index (χ3n) is 3.27. The van der Waals surface area contributed by atoms with Gasteiger partial charge in [-0.15, -0.1) is 0 Å². The zero-order valence-electron chi connectivity index (χ0n) is 13.9. The number of aliphatic hydroxyl groups excluding tert-OH is 1. The summed E-state index contributed by atoms with van der Waals surface area (Å²) in [6.45, 7) is 1.85. The molecule has 0 spiro atoms. The number of hydrogen-bond donors (Lipinski definition) is 1. The molecule has 0 unspecified atom stereocenters. The van der Waals surface area contributed by atoms with E-state index in [9.17, 15) is 9.90 Å². The molecule has 0 fully saturated rings. The summed E-state index contributed by atoms with van der Waals surface area (Å²) in [6, 6.07) is 13.8. The third-order valence-corrected chi connectivity index (χ3v) is 3.50. The van der Waals surface area contributed by atoms with Crippen molar-refractivity contribution in [1.29, 1.82) is 0 Å². The number of hydrogen-bond acceptors (Lipinski definition) is 5. The van der Waals surface area contributed by atoms with Gasteiger partial charge in [0.25, 0.3) is 0 Å². The monoisotopic (exact) mass is 359 g/mol. The second-order valence-electron chi connectivity index (χ2n) is 4.92. The Morgan fingerprint density at radius 1 is 1.24 bits per heavy atom. The van der Waals surface area contributed by atoms with Gasteiger partial charge in [-0.05, 0) is 37.3 Å². The fourth-order valence-electron chi connectivity index (χ4n) is 2.08. The van der Waals surface area contributed by atoms with Crippen molar-refractivity contribution in [1.82, 2.24) is 0 Å². The van der Waals surface area contributed by atoms with Gasteiger partial charge >= 0.3 is 5.97 Å². The number of aliphatic imine (C=N–C) groups is 1. The predicted octanol–water partition coefficient (Wildman–Crippen LogP) is 4.58. The molecule has 0 saturated heterocycles. The molecule has 0 aromatic heterocycles. The lowest BCUT2D eigenvalue weighted by Crippen LogP contribution is -2.11. The van der Waals surface area contributed by atoms with Crippen LogP contribution in [0.4, 0.5) is 5.69 Å². The van der Waals surface area contributed by atoms with E-state index in [2.05, 4.69) is 4.99 Å². The predicted molar refractivity (Wildman–Crippen MR) is 98.8 cm³/mol. The molecule has 5 nitrogen and oxygen atoms in total. The number of aliphatic hydroxyl groups is 1. The van der Waals surface area contributed by atoms with Crippen molar-refractivity contribution in [2.75, 3.05) is 13.7 Å². The number of carbonyl (C=O) groups is 1. The molecule has 0 bridgehead atoms. The van der Waals surface area contributed by atoms with Gasteiger partial charge in [-0.1, -0.05) is 29.8 Å². The molecule has 0 amide bonds. The number of halogens is 1. The highest BCUT2D eigenvalue weighted by molar-refractivity contribution is 6.30. The van der Waals surface area contributed by atoms with Crippen molar-refractivity contribution in [3.8, 4) is 5.75 Å². The standard InChI is InChI=1S/C19H18ClNO4/c1-3-25-19(23)16(12-21-14-7-5-4-6-8-14)18(22)15-11-13(20)9-10-17(15)24-2/h4-12,22H,3H2,1-2H3/b18-16-,21-12?. The molecule has 25 heavy (non-hydrogen) atoms. The van der Waals surface area contributed by atoms with Crippen LogP contribution in [0.25, 0.3) is 5.76 Å². The molecule has 130 valence electrons. The molecule has 0 aliphatic heterocycles. The summed E-state index contributed by atoms with van der Waals surface area (Å²) in [5.74, 6) is -0.643. The number of para-hydroxylation sites is 1. The van der Waals surface area contributed by atoms with E-state index in [0.29, 0.717) is 16.5 Å². The minimum absolute atomic E-state index is 0.0914. The highest BCUT2D eigenvalue weighted by Gasteiger charge is 2.19. The van der Waals surface area contributed by atoms with Crippen molar-refractivity contribution in [3.63, 3.8) is 0 Å². The van der Waals surface area contributed by atoms with Gasteiger partial charge in [0.05, 0.1) is 25.0 Å². The van der Waals surface area contributed by atoms with Gasteiger partial charge in [-0.3, -0.25) is 4.99 Å². The Morgan fingerprint density at radius 3 is 2.60 bits per heavy atom. The molecular formula is C19H18ClNO4. The van der Waals surface area contributed by atoms with Crippen LogP contribution in [0.2, 0.25) is 5.02 Å². The van der Waals surface area contributed by atoms with E-state index in [1.807, 2.05) is 18.2 Å². The summed E-state index contributed by atoms with van der Waals surface area (Å²) in [6.07, 6.45) is 1.27. The highest BCUT2D eigenvalue weighted by Crippen LogP contribution is 2.29. The van der Waals surface area contributed by atoms with Gasteiger partial charge in [0, 0.05) is 11.2 Å². The lowest BCUT2D eigenvalue weighted by Gasteiger charge is -2.11. The Bertz CT molecular complexity index is 800. The molecule has 0 saturated carbocycles. The fraction of sp³-hybridized carbons (Fsp3) is 0.158. The van der Waals surface area contributed by atoms with Crippen LogP contribution >= 0.6 is 11.6 Å². The Labute approximate surface area is 151 Å². The van der Waals surface area contributed by atoms with Crippen LogP contribution in [0, 0.1) is 0 Å². The second kappa shape index (κ2) is 8.89. The molecule has 1 N–H and O–H groups in total. The van der Waals surface area contributed by atoms with Gasteiger partial charge in [0.15, 0.2) is 0 Å². The molecule has 2 rings (SSSR count). The van der Waals surface area contributed by atoms with Crippen molar-refractivity contribution in [2.45, 2.75) is 6.92 Å². The van der Waals surface area contributed by atoms with E-state index in [1.54, 1.807) is 31.2 Å². The first-order valence-corrected chi connectivity index (χ1v) is 7.98. The maximum atomic E-state index is 12.3. The van der Waals surface area contributed by atoms with Crippen molar-refractivity contribution in [2.24, 2.45) is 4.99 Å². The first kappa shape index (κ1) is 18.5. The Morgan fingerprint density at radius 2 is 1.96 bits per heavy atom. The smallest absolute Gasteiger partial charge is 0.343 e. The molecule has 2 aromatic rings. The molecule has 2 aromatic carbocycles. The van der Waals surface area contributed by atoms with Crippen LogP contribution in [-0.2, 0) is 9.53 Å². The number of ether oxygens (including phenoxy) is 2. The molecule has 0 aliphatic carbocycles. The summed E-state index contributed by atoms with van der Waals surface area (Å²) in [5, 5.41) is 11.0.